The highest BCUT2D eigenvalue weighted by atomic mass is 16.9. The SMILES string of the molecule is COC(=O)c1ccccc1OC(=O)[C@@H]1O[C@@H]2OC(C)(C)O[C@@H]2[C@@H]2OC(C)(C)O[C@@H]21. The Morgan fingerprint density at radius 3 is 2.24 bits per heavy atom. The lowest BCUT2D eigenvalue weighted by atomic mass is 9.99. The molecule has 29 heavy (non-hydrogen) atoms. The smallest absolute Gasteiger partial charge is 0.343 e. The van der Waals surface area contributed by atoms with Gasteiger partial charge in [-0.15, -0.1) is 0 Å². The van der Waals surface area contributed by atoms with Gasteiger partial charge in [0.2, 0.25) is 0 Å². The monoisotopic (exact) mass is 408 g/mol. The summed E-state index contributed by atoms with van der Waals surface area (Å²) in [6.07, 6.45) is -3.85. The van der Waals surface area contributed by atoms with Gasteiger partial charge >= 0.3 is 11.9 Å². The molecule has 0 radical (unpaired) electrons. The van der Waals surface area contributed by atoms with Crippen molar-refractivity contribution in [1.29, 1.82) is 0 Å². The molecule has 9 nitrogen and oxygen atoms in total. The summed E-state index contributed by atoms with van der Waals surface area (Å²) in [5.74, 6) is -3.12. The number of ether oxygens (including phenoxy) is 7. The van der Waals surface area contributed by atoms with E-state index in [2.05, 4.69) is 0 Å². The Kier molecular flexibility index (Phi) is 4.91. The summed E-state index contributed by atoms with van der Waals surface area (Å²) in [7, 11) is 1.25. The Morgan fingerprint density at radius 2 is 1.52 bits per heavy atom. The number of benzene rings is 1. The molecule has 3 aliphatic rings. The van der Waals surface area contributed by atoms with E-state index in [0.29, 0.717) is 0 Å². The first-order valence-corrected chi connectivity index (χ1v) is 9.36. The number of hydrogen-bond donors (Lipinski definition) is 0. The van der Waals surface area contributed by atoms with E-state index in [1.54, 1.807) is 39.8 Å². The Bertz CT molecular complexity index is 818. The molecule has 1 aromatic rings. The summed E-state index contributed by atoms with van der Waals surface area (Å²) in [6, 6.07) is 6.29. The quantitative estimate of drug-likeness (QED) is 0.547. The summed E-state index contributed by atoms with van der Waals surface area (Å²) in [4.78, 5) is 25.0. The largest absolute Gasteiger partial charge is 0.465 e. The predicted octanol–water partition coefficient (Wildman–Crippen LogP) is 1.78. The van der Waals surface area contributed by atoms with Gasteiger partial charge in [0.1, 0.15) is 29.6 Å². The van der Waals surface area contributed by atoms with Crippen LogP contribution in [-0.2, 0) is 33.2 Å². The molecule has 0 amide bonds. The average Bonchev–Trinajstić information content (AvgIpc) is 3.14. The second kappa shape index (κ2) is 7.03. The molecule has 3 heterocycles. The molecule has 0 N–H and O–H groups in total. The summed E-state index contributed by atoms with van der Waals surface area (Å²) < 4.78 is 39.7. The zero-order chi connectivity index (χ0) is 21.0. The second-order valence-electron chi connectivity index (χ2n) is 8.00. The molecule has 0 aromatic heterocycles. The van der Waals surface area contributed by atoms with Crippen LogP contribution < -0.4 is 4.74 Å². The van der Waals surface area contributed by atoms with Crippen LogP contribution in [0.3, 0.4) is 0 Å². The zero-order valence-electron chi connectivity index (χ0n) is 16.9. The zero-order valence-corrected chi connectivity index (χ0v) is 16.9. The Morgan fingerprint density at radius 1 is 0.897 bits per heavy atom. The number of methoxy groups -OCH3 is 1. The number of esters is 2. The van der Waals surface area contributed by atoms with Crippen molar-refractivity contribution in [3.05, 3.63) is 29.8 Å². The van der Waals surface area contributed by atoms with Crippen molar-refractivity contribution in [2.45, 2.75) is 70.0 Å². The lowest BCUT2D eigenvalue weighted by Gasteiger charge is -2.35. The predicted molar refractivity (Wildman–Crippen MR) is 95.9 cm³/mol. The van der Waals surface area contributed by atoms with Crippen molar-refractivity contribution in [3.8, 4) is 5.75 Å². The first kappa shape index (κ1) is 20.2. The van der Waals surface area contributed by atoms with Crippen molar-refractivity contribution in [3.63, 3.8) is 0 Å². The van der Waals surface area contributed by atoms with Crippen molar-refractivity contribution >= 4 is 11.9 Å². The highest BCUT2D eigenvalue weighted by Crippen LogP contribution is 2.44. The fourth-order valence-electron chi connectivity index (χ4n) is 3.80. The first-order valence-electron chi connectivity index (χ1n) is 9.36. The maximum atomic E-state index is 13.0. The molecule has 9 heteroatoms. The molecule has 5 atom stereocenters. The van der Waals surface area contributed by atoms with Crippen molar-refractivity contribution in [2.24, 2.45) is 0 Å². The number of rotatable bonds is 3. The van der Waals surface area contributed by atoms with E-state index in [9.17, 15) is 9.59 Å². The van der Waals surface area contributed by atoms with Crippen LogP contribution in [0, 0.1) is 0 Å². The van der Waals surface area contributed by atoms with Gasteiger partial charge in [0.25, 0.3) is 0 Å². The third-order valence-electron chi connectivity index (χ3n) is 4.89. The maximum Gasteiger partial charge on any atom is 0.343 e. The number of para-hydroxylation sites is 1. The van der Waals surface area contributed by atoms with Gasteiger partial charge in [-0.3, -0.25) is 0 Å². The van der Waals surface area contributed by atoms with Gasteiger partial charge in [-0.2, -0.15) is 0 Å². The summed E-state index contributed by atoms with van der Waals surface area (Å²) in [5, 5.41) is 0. The van der Waals surface area contributed by atoms with Crippen LogP contribution in [0.25, 0.3) is 0 Å². The standard InChI is InChI=1S/C20H24O9/c1-19(2)26-12-13(27-19)15-18(29-20(3,4)28-15)25-14(12)17(22)24-11-9-7-6-8-10(11)16(21)23-5/h6-9,12-15,18H,1-5H3/t12-,13+,14+,15+,18+/m0/s1. The normalized spacial score (nSPS) is 34.2. The lowest BCUT2D eigenvalue weighted by Crippen LogP contribution is -2.58. The molecule has 3 fully saturated rings. The minimum atomic E-state index is -1.13. The molecule has 0 spiro atoms. The topological polar surface area (TPSA) is 98.8 Å². The Labute approximate surface area is 168 Å². The molecule has 0 bridgehead atoms. The van der Waals surface area contributed by atoms with E-state index >= 15 is 0 Å². The van der Waals surface area contributed by atoms with Gasteiger partial charge < -0.3 is 33.2 Å². The van der Waals surface area contributed by atoms with Crippen LogP contribution in [-0.4, -0.2) is 61.3 Å². The number of carbonyl (C=O) groups is 2. The van der Waals surface area contributed by atoms with Crippen LogP contribution in [0.1, 0.15) is 38.1 Å². The van der Waals surface area contributed by atoms with Gasteiger partial charge in [-0.1, -0.05) is 12.1 Å². The van der Waals surface area contributed by atoms with E-state index in [1.807, 2.05) is 0 Å². The van der Waals surface area contributed by atoms with Crippen molar-refractivity contribution in [2.75, 3.05) is 7.11 Å². The molecule has 1 aromatic carbocycles. The minimum Gasteiger partial charge on any atom is -0.465 e. The fourth-order valence-corrected chi connectivity index (χ4v) is 3.80. The van der Waals surface area contributed by atoms with Gasteiger partial charge in [0.05, 0.1) is 7.11 Å². The van der Waals surface area contributed by atoms with E-state index in [0.717, 1.165) is 0 Å². The molecular weight excluding hydrogens is 384 g/mol. The molecule has 4 rings (SSSR count). The van der Waals surface area contributed by atoms with E-state index in [-0.39, 0.29) is 11.3 Å². The molecule has 0 aliphatic carbocycles. The fraction of sp³-hybridized carbons (Fsp3) is 0.600. The first-order chi connectivity index (χ1) is 13.6. The van der Waals surface area contributed by atoms with Gasteiger partial charge in [-0.25, -0.2) is 9.59 Å². The molecule has 0 unspecified atom stereocenters. The maximum absolute atomic E-state index is 13.0. The lowest BCUT2D eigenvalue weighted by molar-refractivity contribution is -0.236. The summed E-state index contributed by atoms with van der Waals surface area (Å²) in [5.41, 5.74) is 0.124. The van der Waals surface area contributed by atoms with Gasteiger partial charge in [0, 0.05) is 0 Å². The van der Waals surface area contributed by atoms with Crippen molar-refractivity contribution < 1.29 is 42.7 Å². The van der Waals surface area contributed by atoms with E-state index in [4.69, 9.17) is 33.2 Å². The third-order valence-corrected chi connectivity index (χ3v) is 4.89. The highest BCUT2D eigenvalue weighted by molar-refractivity contribution is 5.93. The van der Waals surface area contributed by atoms with Crippen molar-refractivity contribution in [1.82, 2.24) is 0 Å². The number of carbonyl (C=O) groups excluding carboxylic acids is 2. The average molecular weight is 408 g/mol. The van der Waals surface area contributed by atoms with Crippen LogP contribution in [0.5, 0.6) is 5.75 Å². The number of hydrogen-bond acceptors (Lipinski definition) is 9. The molecular formula is C20H24O9. The van der Waals surface area contributed by atoms with Crippen LogP contribution in [0.4, 0.5) is 0 Å². The van der Waals surface area contributed by atoms with Crippen LogP contribution >= 0.6 is 0 Å². The van der Waals surface area contributed by atoms with Gasteiger partial charge in [0.15, 0.2) is 24.0 Å². The number of fused-ring (bicyclic) bond motifs is 3. The Balaban J connectivity index is 1.59. The van der Waals surface area contributed by atoms with Crippen LogP contribution in [0.15, 0.2) is 24.3 Å². The molecule has 158 valence electrons. The van der Waals surface area contributed by atoms with Gasteiger partial charge in [-0.05, 0) is 39.8 Å². The minimum absolute atomic E-state index is 0.0636. The van der Waals surface area contributed by atoms with Crippen LogP contribution in [0.2, 0.25) is 0 Å². The highest BCUT2D eigenvalue weighted by Gasteiger charge is 2.62. The summed E-state index contributed by atoms with van der Waals surface area (Å²) >= 11 is 0. The molecule has 0 saturated carbocycles. The molecule has 3 saturated heterocycles. The second-order valence-corrected chi connectivity index (χ2v) is 8.00. The Hall–Kier alpha value is -2.04. The molecule has 3 aliphatic heterocycles. The van der Waals surface area contributed by atoms with E-state index in [1.165, 1.54) is 19.2 Å². The third kappa shape index (κ3) is 3.76. The van der Waals surface area contributed by atoms with E-state index < -0.39 is 54.2 Å². The summed E-state index contributed by atoms with van der Waals surface area (Å²) in [6.45, 7) is 7.00.